The van der Waals surface area contributed by atoms with E-state index in [1.165, 1.54) is 18.2 Å². The monoisotopic (exact) mass is 290 g/mol. The van der Waals surface area contributed by atoms with Crippen molar-refractivity contribution in [1.29, 1.82) is 0 Å². The molecule has 0 aliphatic carbocycles. The van der Waals surface area contributed by atoms with Crippen LogP contribution in [0.1, 0.15) is 16.7 Å². The quantitative estimate of drug-likeness (QED) is 0.887. The second kappa shape index (κ2) is 6.95. The van der Waals surface area contributed by atoms with Crippen LogP contribution in [0.2, 0.25) is 0 Å². The van der Waals surface area contributed by atoms with E-state index in [0.29, 0.717) is 16.7 Å². The Labute approximate surface area is 121 Å². The molecule has 0 saturated heterocycles. The largest absolute Gasteiger partial charge is 0.352 e. The van der Waals surface area contributed by atoms with Gasteiger partial charge in [-0.2, -0.15) is 0 Å². The minimum atomic E-state index is -0.389. The standard InChI is InChI=1S/C16H16F2N2O/c17-14-5-2-11(3-6-14)8-16(21)20-10-13-4-1-12(9-19)7-15(13)18/h1-7H,8-10,19H2,(H,20,21). The molecule has 2 aromatic carbocycles. The van der Waals surface area contributed by atoms with Gasteiger partial charge < -0.3 is 11.1 Å². The number of halogens is 2. The highest BCUT2D eigenvalue weighted by molar-refractivity contribution is 5.78. The summed E-state index contributed by atoms with van der Waals surface area (Å²) >= 11 is 0. The van der Waals surface area contributed by atoms with Crippen LogP contribution in [0.5, 0.6) is 0 Å². The molecule has 3 nitrogen and oxygen atoms in total. The predicted molar refractivity (Wildman–Crippen MR) is 76.2 cm³/mol. The molecule has 5 heteroatoms. The first-order chi connectivity index (χ1) is 10.1. The van der Waals surface area contributed by atoms with Gasteiger partial charge in [0, 0.05) is 18.7 Å². The number of hydrogen-bond donors (Lipinski definition) is 2. The zero-order valence-corrected chi connectivity index (χ0v) is 11.4. The highest BCUT2D eigenvalue weighted by Gasteiger charge is 2.07. The van der Waals surface area contributed by atoms with E-state index >= 15 is 0 Å². The summed E-state index contributed by atoms with van der Waals surface area (Å²) < 4.78 is 26.5. The van der Waals surface area contributed by atoms with Crippen LogP contribution in [0, 0.1) is 11.6 Å². The van der Waals surface area contributed by atoms with Gasteiger partial charge in [0.15, 0.2) is 0 Å². The zero-order valence-electron chi connectivity index (χ0n) is 11.4. The van der Waals surface area contributed by atoms with Crippen LogP contribution in [0.15, 0.2) is 42.5 Å². The summed E-state index contributed by atoms with van der Waals surface area (Å²) in [4.78, 5) is 11.8. The van der Waals surface area contributed by atoms with Crippen LogP contribution in [-0.2, 0) is 24.3 Å². The van der Waals surface area contributed by atoms with Crippen molar-refractivity contribution in [3.8, 4) is 0 Å². The molecular weight excluding hydrogens is 274 g/mol. The third-order valence-electron chi connectivity index (χ3n) is 3.11. The first-order valence-corrected chi connectivity index (χ1v) is 6.57. The maximum absolute atomic E-state index is 13.7. The second-order valence-corrected chi connectivity index (χ2v) is 4.71. The van der Waals surface area contributed by atoms with Crippen LogP contribution < -0.4 is 11.1 Å². The summed E-state index contributed by atoms with van der Waals surface area (Å²) in [5, 5.41) is 2.64. The molecule has 2 rings (SSSR count). The van der Waals surface area contributed by atoms with Gasteiger partial charge in [0.2, 0.25) is 5.91 Å². The molecule has 0 aromatic heterocycles. The van der Waals surface area contributed by atoms with Crippen LogP contribution in [-0.4, -0.2) is 5.91 Å². The molecule has 110 valence electrons. The number of carbonyl (C=O) groups is 1. The van der Waals surface area contributed by atoms with Crippen molar-refractivity contribution in [3.63, 3.8) is 0 Å². The molecule has 0 fully saturated rings. The fourth-order valence-corrected chi connectivity index (χ4v) is 1.91. The van der Waals surface area contributed by atoms with Crippen molar-refractivity contribution < 1.29 is 13.6 Å². The van der Waals surface area contributed by atoms with Crippen molar-refractivity contribution in [1.82, 2.24) is 5.32 Å². The molecule has 0 saturated carbocycles. The second-order valence-electron chi connectivity index (χ2n) is 4.71. The summed E-state index contributed by atoms with van der Waals surface area (Å²) in [6, 6.07) is 10.4. The molecule has 0 aliphatic heterocycles. The molecular formula is C16H16F2N2O. The number of benzene rings is 2. The number of amides is 1. The fourth-order valence-electron chi connectivity index (χ4n) is 1.91. The Hall–Kier alpha value is -2.27. The maximum atomic E-state index is 13.7. The molecule has 0 unspecified atom stereocenters. The summed E-state index contributed by atoms with van der Waals surface area (Å²) in [6.45, 7) is 0.380. The Balaban J connectivity index is 1.90. The molecule has 0 spiro atoms. The van der Waals surface area contributed by atoms with Crippen LogP contribution in [0.25, 0.3) is 0 Å². The average Bonchev–Trinajstić information content (AvgIpc) is 2.48. The molecule has 2 aromatic rings. The lowest BCUT2D eigenvalue weighted by molar-refractivity contribution is -0.120. The van der Waals surface area contributed by atoms with E-state index < -0.39 is 0 Å². The van der Waals surface area contributed by atoms with Gasteiger partial charge >= 0.3 is 0 Å². The van der Waals surface area contributed by atoms with E-state index in [4.69, 9.17) is 5.73 Å². The van der Waals surface area contributed by atoms with Gasteiger partial charge in [0.25, 0.3) is 0 Å². The van der Waals surface area contributed by atoms with Gasteiger partial charge in [-0.05, 0) is 29.3 Å². The number of rotatable bonds is 5. The Morgan fingerprint density at radius 1 is 1.05 bits per heavy atom. The first kappa shape index (κ1) is 15.1. The third kappa shape index (κ3) is 4.36. The first-order valence-electron chi connectivity index (χ1n) is 6.57. The van der Waals surface area contributed by atoms with Gasteiger partial charge in [-0.1, -0.05) is 24.3 Å². The van der Waals surface area contributed by atoms with Gasteiger partial charge in [-0.25, -0.2) is 8.78 Å². The van der Waals surface area contributed by atoms with Crippen LogP contribution >= 0.6 is 0 Å². The number of nitrogens with two attached hydrogens (primary N) is 1. The van der Waals surface area contributed by atoms with E-state index in [1.807, 2.05) is 0 Å². The van der Waals surface area contributed by atoms with Gasteiger partial charge in [-0.3, -0.25) is 4.79 Å². The summed E-state index contributed by atoms with van der Waals surface area (Å²) in [6.07, 6.45) is 0.128. The molecule has 0 aliphatic rings. The minimum Gasteiger partial charge on any atom is -0.352 e. The molecule has 0 heterocycles. The smallest absolute Gasteiger partial charge is 0.224 e. The van der Waals surface area contributed by atoms with Crippen molar-refractivity contribution in [2.45, 2.75) is 19.5 Å². The van der Waals surface area contributed by atoms with E-state index in [-0.39, 0.29) is 37.1 Å². The van der Waals surface area contributed by atoms with Gasteiger partial charge in [0.1, 0.15) is 11.6 Å². The Kier molecular flexibility index (Phi) is 5.00. The van der Waals surface area contributed by atoms with Crippen molar-refractivity contribution in [2.75, 3.05) is 0 Å². The molecule has 0 radical (unpaired) electrons. The summed E-state index contributed by atoms with van der Waals surface area (Å²) in [7, 11) is 0. The molecule has 0 bridgehead atoms. The van der Waals surface area contributed by atoms with Crippen molar-refractivity contribution in [3.05, 3.63) is 70.8 Å². The highest BCUT2D eigenvalue weighted by Crippen LogP contribution is 2.10. The fraction of sp³-hybridized carbons (Fsp3) is 0.188. The SMILES string of the molecule is NCc1ccc(CNC(=O)Cc2ccc(F)cc2)c(F)c1. The molecule has 3 N–H and O–H groups in total. The lowest BCUT2D eigenvalue weighted by Crippen LogP contribution is -2.25. The Morgan fingerprint density at radius 3 is 2.33 bits per heavy atom. The number of hydrogen-bond acceptors (Lipinski definition) is 2. The Bertz CT molecular complexity index is 627. The normalized spacial score (nSPS) is 10.4. The third-order valence-corrected chi connectivity index (χ3v) is 3.11. The van der Waals surface area contributed by atoms with E-state index in [2.05, 4.69) is 5.32 Å². The molecule has 21 heavy (non-hydrogen) atoms. The maximum Gasteiger partial charge on any atom is 0.224 e. The average molecular weight is 290 g/mol. The van der Waals surface area contributed by atoms with Crippen molar-refractivity contribution >= 4 is 5.91 Å². The lowest BCUT2D eigenvalue weighted by Gasteiger charge is -2.08. The van der Waals surface area contributed by atoms with Gasteiger partial charge in [-0.15, -0.1) is 0 Å². The number of carbonyl (C=O) groups excluding carboxylic acids is 1. The highest BCUT2D eigenvalue weighted by atomic mass is 19.1. The lowest BCUT2D eigenvalue weighted by atomic mass is 10.1. The Morgan fingerprint density at radius 2 is 1.71 bits per heavy atom. The minimum absolute atomic E-state index is 0.108. The molecule has 0 atom stereocenters. The number of nitrogens with one attached hydrogen (secondary N) is 1. The van der Waals surface area contributed by atoms with Crippen LogP contribution in [0.3, 0.4) is 0 Å². The summed E-state index contributed by atoms with van der Waals surface area (Å²) in [5.41, 5.74) is 7.23. The van der Waals surface area contributed by atoms with Crippen LogP contribution in [0.4, 0.5) is 8.78 Å². The van der Waals surface area contributed by atoms with Gasteiger partial charge in [0.05, 0.1) is 6.42 Å². The summed E-state index contributed by atoms with van der Waals surface area (Å²) in [5.74, 6) is -0.981. The predicted octanol–water partition coefficient (Wildman–Crippen LogP) is 2.28. The van der Waals surface area contributed by atoms with E-state index in [9.17, 15) is 13.6 Å². The van der Waals surface area contributed by atoms with Crippen molar-refractivity contribution in [2.24, 2.45) is 5.73 Å². The topological polar surface area (TPSA) is 55.1 Å². The zero-order chi connectivity index (χ0) is 15.2. The van der Waals surface area contributed by atoms with E-state index in [1.54, 1.807) is 24.3 Å². The molecule has 1 amide bonds. The van der Waals surface area contributed by atoms with E-state index in [0.717, 1.165) is 0 Å².